The fourth-order valence-corrected chi connectivity index (χ4v) is 4.46. The van der Waals surface area contributed by atoms with Crippen molar-refractivity contribution in [3.63, 3.8) is 0 Å². The lowest BCUT2D eigenvalue weighted by Gasteiger charge is -2.20. The van der Waals surface area contributed by atoms with Gasteiger partial charge in [-0.1, -0.05) is 42.2 Å². The first kappa shape index (κ1) is 23.6. The molecule has 1 unspecified atom stereocenters. The van der Waals surface area contributed by atoms with Crippen molar-refractivity contribution < 1.29 is 24.5 Å². The van der Waals surface area contributed by atoms with E-state index in [9.17, 15) is 24.5 Å². The second-order valence-electron chi connectivity index (χ2n) is 7.86. The lowest BCUT2D eigenvalue weighted by Crippen LogP contribution is -2.22. The zero-order chi connectivity index (χ0) is 21.3. The van der Waals surface area contributed by atoms with E-state index >= 15 is 0 Å². The molecule has 1 fully saturated rings. The summed E-state index contributed by atoms with van der Waals surface area (Å²) >= 11 is 0. The average Bonchev–Trinajstić information content (AvgIpc) is 2.93. The summed E-state index contributed by atoms with van der Waals surface area (Å²) in [5.41, 5.74) is 0.839. The van der Waals surface area contributed by atoms with E-state index in [1.807, 2.05) is 42.5 Å². The second kappa shape index (κ2) is 11.5. The van der Waals surface area contributed by atoms with Crippen LogP contribution in [0.3, 0.4) is 0 Å². The normalized spacial score (nSPS) is 24.8. The van der Waals surface area contributed by atoms with Gasteiger partial charge in [-0.3, -0.25) is 9.36 Å². The van der Waals surface area contributed by atoms with Gasteiger partial charge < -0.3 is 15.1 Å². The summed E-state index contributed by atoms with van der Waals surface area (Å²) in [6.45, 7) is 1.36. The van der Waals surface area contributed by atoms with E-state index in [0.717, 1.165) is 5.56 Å². The molecular formula is C23H31O5P. The summed E-state index contributed by atoms with van der Waals surface area (Å²) in [5, 5.41) is 20.4. The molecule has 0 heterocycles. The van der Waals surface area contributed by atoms with Crippen molar-refractivity contribution in [3.05, 3.63) is 48.0 Å². The van der Waals surface area contributed by atoms with Gasteiger partial charge in [0, 0.05) is 30.7 Å². The van der Waals surface area contributed by atoms with E-state index in [-0.39, 0.29) is 24.0 Å². The summed E-state index contributed by atoms with van der Waals surface area (Å²) in [4.78, 5) is 21.5. The quantitative estimate of drug-likeness (QED) is 0.247. The molecule has 0 spiro atoms. The molecule has 1 aliphatic rings. The molecule has 29 heavy (non-hydrogen) atoms. The highest BCUT2D eigenvalue weighted by atomic mass is 31.2. The molecule has 1 saturated carbocycles. The standard InChI is InChI=1S/C23H31O5P/c1-29(27,28)16-8-3-2-7-11-20-21(23(26)17-22(20)25)15-14-19(24)13-12-18-9-5-4-6-10-18/h2,4-7,9-10,19-21,23-24,26H,3,8,11,14-17H2,1H3,(H,27,28)/b7-2-/t19-,20+,21+,23+/m0/s1. The monoisotopic (exact) mass is 418 g/mol. The Bertz CT molecular complexity index is 786. The fourth-order valence-electron chi connectivity index (χ4n) is 3.69. The first-order chi connectivity index (χ1) is 13.8. The molecule has 0 aliphatic heterocycles. The molecule has 158 valence electrons. The summed E-state index contributed by atoms with van der Waals surface area (Å²) in [5.74, 6) is 5.40. The molecule has 0 saturated heterocycles. The van der Waals surface area contributed by atoms with E-state index in [1.54, 1.807) is 0 Å². The fraction of sp³-hybridized carbons (Fsp3) is 0.522. The maximum absolute atomic E-state index is 12.2. The first-order valence-corrected chi connectivity index (χ1v) is 12.4. The zero-order valence-electron chi connectivity index (χ0n) is 16.9. The topological polar surface area (TPSA) is 94.8 Å². The third-order valence-corrected chi connectivity index (χ3v) is 6.41. The molecule has 5 atom stereocenters. The maximum atomic E-state index is 12.2. The molecule has 1 aliphatic carbocycles. The Morgan fingerprint density at radius 3 is 2.69 bits per heavy atom. The molecule has 0 bridgehead atoms. The number of aliphatic hydroxyl groups excluding tert-OH is 2. The number of allylic oxidation sites excluding steroid dienone is 2. The molecule has 1 aromatic rings. The third-order valence-electron chi connectivity index (χ3n) is 5.27. The number of benzene rings is 1. The van der Waals surface area contributed by atoms with Crippen molar-refractivity contribution in [2.24, 2.45) is 11.8 Å². The molecule has 0 aromatic heterocycles. The van der Waals surface area contributed by atoms with Gasteiger partial charge >= 0.3 is 0 Å². The maximum Gasteiger partial charge on any atom is 0.197 e. The van der Waals surface area contributed by atoms with Gasteiger partial charge in [-0.15, -0.1) is 0 Å². The van der Waals surface area contributed by atoms with Crippen molar-refractivity contribution in [2.45, 2.75) is 50.7 Å². The van der Waals surface area contributed by atoms with Gasteiger partial charge in [0.1, 0.15) is 11.9 Å². The van der Waals surface area contributed by atoms with Crippen molar-refractivity contribution in [1.82, 2.24) is 0 Å². The van der Waals surface area contributed by atoms with Gasteiger partial charge in [-0.2, -0.15) is 0 Å². The van der Waals surface area contributed by atoms with Crippen molar-refractivity contribution in [1.29, 1.82) is 0 Å². The minimum absolute atomic E-state index is 0.0606. The van der Waals surface area contributed by atoms with E-state index in [2.05, 4.69) is 11.8 Å². The molecule has 1 aromatic carbocycles. The Morgan fingerprint density at radius 1 is 1.28 bits per heavy atom. The van der Waals surface area contributed by atoms with E-state index < -0.39 is 19.6 Å². The minimum Gasteiger partial charge on any atom is -0.392 e. The Labute approximate surface area is 173 Å². The number of carbonyl (C=O) groups excluding carboxylic acids is 1. The van der Waals surface area contributed by atoms with Crippen LogP contribution in [0.2, 0.25) is 0 Å². The highest BCUT2D eigenvalue weighted by Gasteiger charge is 2.40. The van der Waals surface area contributed by atoms with Crippen LogP contribution >= 0.6 is 7.37 Å². The van der Waals surface area contributed by atoms with E-state index in [1.165, 1.54) is 6.66 Å². The van der Waals surface area contributed by atoms with Gasteiger partial charge in [-0.25, -0.2) is 0 Å². The van der Waals surface area contributed by atoms with Crippen LogP contribution in [0.1, 0.15) is 44.1 Å². The first-order valence-electron chi connectivity index (χ1n) is 10.2. The van der Waals surface area contributed by atoms with Crippen molar-refractivity contribution in [3.8, 4) is 11.8 Å². The van der Waals surface area contributed by atoms with Gasteiger partial charge in [0.2, 0.25) is 0 Å². The van der Waals surface area contributed by atoms with Crippen LogP contribution in [0.5, 0.6) is 0 Å². The van der Waals surface area contributed by atoms with Crippen LogP contribution < -0.4 is 0 Å². The molecule has 5 nitrogen and oxygen atoms in total. The highest BCUT2D eigenvalue weighted by Crippen LogP contribution is 2.37. The minimum atomic E-state index is -2.96. The highest BCUT2D eigenvalue weighted by molar-refractivity contribution is 7.57. The van der Waals surface area contributed by atoms with Gasteiger partial charge in [0.05, 0.1) is 6.10 Å². The van der Waals surface area contributed by atoms with Crippen LogP contribution in [-0.4, -0.2) is 45.9 Å². The number of hydrogen-bond acceptors (Lipinski definition) is 4. The van der Waals surface area contributed by atoms with Crippen LogP contribution in [-0.2, 0) is 9.36 Å². The van der Waals surface area contributed by atoms with Crippen molar-refractivity contribution in [2.75, 3.05) is 12.8 Å². The van der Waals surface area contributed by atoms with Crippen molar-refractivity contribution >= 4 is 13.2 Å². The number of Topliss-reactive ketones (excluding diaryl/α,β-unsaturated/α-hetero) is 1. The lowest BCUT2D eigenvalue weighted by molar-refractivity contribution is -0.121. The number of hydrogen-bond donors (Lipinski definition) is 3. The molecule has 3 N–H and O–H groups in total. The van der Waals surface area contributed by atoms with Gasteiger partial charge in [-0.05, 0) is 50.2 Å². The SMILES string of the molecule is CP(=O)(O)CCC/C=C\C[C@H]1C(=O)C[C@@H](O)[C@@H]1CC[C@@H](O)C#Cc1ccccc1. The average molecular weight is 418 g/mol. The Kier molecular flexibility index (Phi) is 9.33. The molecular weight excluding hydrogens is 387 g/mol. The second-order valence-corrected chi connectivity index (χ2v) is 10.4. The number of carbonyl (C=O) groups is 1. The molecule has 2 rings (SSSR count). The molecule has 0 amide bonds. The number of ketones is 1. The summed E-state index contributed by atoms with van der Waals surface area (Å²) in [7, 11) is -2.96. The molecule has 6 heteroatoms. The summed E-state index contributed by atoms with van der Waals surface area (Å²) in [6.07, 6.45) is 5.70. The van der Waals surface area contributed by atoms with E-state index in [4.69, 9.17) is 0 Å². The zero-order valence-corrected chi connectivity index (χ0v) is 17.8. The Hall–Kier alpha value is -1.70. The van der Waals surface area contributed by atoms with Crippen LogP contribution in [0.25, 0.3) is 0 Å². The van der Waals surface area contributed by atoms with Crippen LogP contribution in [0.15, 0.2) is 42.5 Å². The Morgan fingerprint density at radius 2 is 2.00 bits per heavy atom. The largest absolute Gasteiger partial charge is 0.392 e. The number of unbranched alkanes of at least 4 members (excludes halogenated alkanes) is 1. The van der Waals surface area contributed by atoms with Gasteiger partial charge in [0.15, 0.2) is 7.37 Å². The third kappa shape index (κ3) is 8.68. The summed E-state index contributed by atoms with van der Waals surface area (Å²) in [6, 6.07) is 9.44. The predicted molar refractivity (Wildman–Crippen MR) is 115 cm³/mol. The van der Waals surface area contributed by atoms with Crippen LogP contribution in [0.4, 0.5) is 0 Å². The number of aliphatic hydroxyl groups is 2. The Balaban J connectivity index is 1.82. The predicted octanol–water partition coefficient (Wildman–Crippen LogP) is 3.37. The lowest BCUT2D eigenvalue weighted by atomic mass is 9.86. The van der Waals surface area contributed by atoms with Crippen LogP contribution in [0, 0.1) is 23.7 Å². The van der Waals surface area contributed by atoms with E-state index in [0.29, 0.717) is 38.3 Å². The van der Waals surface area contributed by atoms with Gasteiger partial charge in [0.25, 0.3) is 0 Å². The smallest absolute Gasteiger partial charge is 0.197 e. The number of rotatable bonds is 9. The summed E-state index contributed by atoms with van der Waals surface area (Å²) < 4.78 is 11.3. The molecule has 0 radical (unpaired) electrons.